The van der Waals surface area contributed by atoms with Crippen LogP contribution in [0.4, 0.5) is 0 Å². The minimum atomic E-state index is -3.24. The van der Waals surface area contributed by atoms with Gasteiger partial charge in [0.15, 0.2) is 0 Å². The molecule has 1 amide bonds. The molecule has 1 aromatic carbocycles. The molecule has 1 atom stereocenters. The lowest BCUT2D eigenvalue weighted by atomic mass is 10.0. The first-order valence-corrected chi connectivity index (χ1v) is 7.98. The Morgan fingerprint density at radius 2 is 1.95 bits per heavy atom. The molecule has 0 radical (unpaired) electrons. The Hall–Kier alpha value is -1.40. The summed E-state index contributed by atoms with van der Waals surface area (Å²) >= 11 is 0. The summed E-state index contributed by atoms with van der Waals surface area (Å²) in [6.07, 6.45) is 1.20. The van der Waals surface area contributed by atoms with Gasteiger partial charge in [-0.3, -0.25) is 4.79 Å². The van der Waals surface area contributed by atoms with E-state index in [1.54, 1.807) is 0 Å². The highest BCUT2D eigenvalue weighted by Gasteiger charge is 2.11. The molecule has 1 rings (SSSR count). The van der Waals surface area contributed by atoms with Crippen molar-refractivity contribution in [1.82, 2.24) is 10.0 Å². The number of sulfonamides is 1. The van der Waals surface area contributed by atoms with Crippen LogP contribution in [0, 0.1) is 6.92 Å². The number of carbonyl (C=O) groups is 1. The summed E-state index contributed by atoms with van der Waals surface area (Å²) < 4.78 is 24.0. The highest BCUT2D eigenvalue weighted by atomic mass is 32.2. The average molecular weight is 284 g/mol. The van der Waals surface area contributed by atoms with Gasteiger partial charge in [-0.2, -0.15) is 0 Å². The van der Waals surface area contributed by atoms with Gasteiger partial charge in [0.1, 0.15) is 0 Å². The summed E-state index contributed by atoms with van der Waals surface area (Å²) in [5.74, 6) is -0.174. The van der Waals surface area contributed by atoms with Crippen LogP contribution in [0.25, 0.3) is 0 Å². The van der Waals surface area contributed by atoms with Crippen molar-refractivity contribution in [2.75, 3.05) is 12.8 Å². The first-order valence-electron chi connectivity index (χ1n) is 6.09. The number of carbonyl (C=O) groups excluding carboxylic acids is 1. The van der Waals surface area contributed by atoms with E-state index >= 15 is 0 Å². The van der Waals surface area contributed by atoms with Gasteiger partial charge in [-0.05, 0) is 25.0 Å². The highest BCUT2D eigenvalue weighted by molar-refractivity contribution is 7.88. The summed E-state index contributed by atoms with van der Waals surface area (Å²) in [5, 5.41) is 2.85. The second kappa shape index (κ2) is 6.68. The van der Waals surface area contributed by atoms with E-state index in [4.69, 9.17) is 0 Å². The molecule has 0 unspecified atom stereocenters. The van der Waals surface area contributed by atoms with Gasteiger partial charge < -0.3 is 5.32 Å². The number of rotatable bonds is 6. The number of benzene rings is 1. The van der Waals surface area contributed by atoms with E-state index in [2.05, 4.69) is 10.0 Å². The fourth-order valence-corrected chi connectivity index (χ4v) is 2.29. The van der Waals surface area contributed by atoms with E-state index in [-0.39, 0.29) is 24.9 Å². The molecule has 5 nitrogen and oxygen atoms in total. The second-order valence-corrected chi connectivity index (χ2v) is 6.40. The van der Waals surface area contributed by atoms with Crippen molar-refractivity contribution in [3.63, 3.8) is 0 Å². The Balaban J connectivity index is 2.47. The number of amides is 1. The first-order chi connectivity index (χ1) is 8.79. The zero-order valence-corrected chi connectivity index (χ0v) is 12.3. The largest absolute Gasteiger partial charge is 0.350 e. The van der Waals surface area contributed by atoms with Crippen LogP contribution in [0.2, 0.25) is 0 Å². The molecule has 2 N–H and O–H groups in total. The lowest BCUT2D eigenvalue weighted by Gasteiger charge is -2.16. The molecule has 0 fully saturated rings. The van der Waals surface area contributed by atoms with Crippen molar-refractivity contribution < 1.29 is 13.2 Å². The normalized spacial score (nSPS) is 13.0. The Labute approximate surface area is 114 Å². The van der Waals surface area contributed by atoms with Crippen LogP contribution in [0.1, 0.15) is 30.5 Å². The molecular formula is C13H20N2O3S. The Morgan fingerprint density at radius 1 is 1.32 bits per heavy atom. The quantitative estimate of drug-likeness (QED) is 0.821. The summed E-state index contributed by atoms with van der Waals surface area (Å²) in [6, 6.07) is 7.74. The Morgan fingerprint density at radius 3 is 2.53 bits per heavy atom. The van der Waals surface area contributed by atoms with Crippen LogP contribution in [-0.2, 0) is 14.8 Å². The highest BCUT2D eigenvalue weighted by Crippen LogP contribution is 2.16. The Bertz CT molecular complexity index is 541. The topological polar surface area (TPSA) is 75.3 Å². The molecule has 106 valence electrons. The molecule has 0 aliphatic carbocycles. The summed E-state index contributed by atoms with van der Waals surface area (Å²) in [7, 11) is -3.24. The van der Waals surface area contributed by atoms with E-state index in [9.17, 15) is 13.2 Å². The van der Waals surface area contributed by atoms with Crippen molar-refractivity contribution >= 4 is 15.9 Å². The molecule has 0 saturated heterocycles. The van der Waals surface area contributed by atoms with Crippen LogP contribution in [-0.4, -0.2) is 27.1 Å². The molecule has 0 aromatic heterocycles. The third-order valence-corrected chi connectivity index (χ3v) is 3.48. The molecule has 0 heterocycles. The van der Waals surface area contributed by atoms with E-state index in [0.29, 0.717) is 0 Å². The smallest absolute Gasteiger partial charge is 0.221 e. The van der Waals surface area contributed by atoms with Crippen LogP contribution in [0.5, 0.6) is 0 Å². The molecule has 1 aromatic rings. The van der Waals surface area contributed by atoms with Gasteiger partial charge in [0.2, 0.25) is 15.9 Å². The minimum absolute atomic E-state index is 0.0908. The maximum absolute atomic E-state index is 11.7. The van der Waals surface area contributed by atoms with Crippen LogP contribution >= 0.6 is 0 Å². The summed E-state index contributed by atoms with van der Waals surface area (Å²) in [5.41, 5.74) is 2.18. The predicted molar refractivity (Wildman–Crippen MR) is 75.2 cm³/mol. The fraction of sp³-hybridized carbons (Fsp3) is 0.462. The van der Waals surface area contributed by atoms with E-state index in [1.165, 1.54) is 0 Å². The maximum atomic E-state index is 11.7. The summed E-state index contributed by atoms with van der Waals surface area (Å²) in [4.78, 5) is 11.7. The van der Waals surface area contributed by atoms with Gasteiger partial charge in [0.05, 0.1) is 12.3 Å². The van der Waals surface area contributed by atoms with E-state index < -0.39 is 10.0 Å². The number of hydrogen-bond acceptors (Lipinski definition) is 3. The minimum Gasteiger partial charge on any atom is -0.350 e. The molecular weight excluding hydrogens is 264 g/mol. The molecule has 6 heteroatoms. The maximum Gasteiger partial charge on any atom is 0.221 e. The average Bonchev–Trinajstić information content (AvgIpc) is 2.27. The van der Waals surface area contributed by atoms with Gasteiger partial charge in [0.25, 0.3) is 0 Å². The number of nitrogens with one attached hydrogen (secondary N) is 2. The van der Waals surface area contributed by atoms with Crippen molar-refractivity contribution in [3.8, 4) is 0 Å². The van der Waals surface area contributed by atoms with Crippen molar-refractivity contribution in [2.45, 2.75) is 26.3 Å². The van der Waals surface area contributed by atoms with Crippen LogP contribution in [0.3, 0.4) is 0 Å². The van der Waals surface area contributed by atoms with Gasteiger partial charge in [-0.1, -0.05) is 24.3 Å². The lowest BCUT2D eigenvalue weighted by Crippen LogP contribution is -2.31. The molecule has 0 aliphatic heterocycles. The molecule has 19 heavy (non-hydrogen) atoms. The SMILES string of the molecule is Cc1ccccc1[C@@H](C)NC(=O)CCNS(C)(=O)=O. The van der Waals surface area contributed by atoms with Crippen LogP contribution < -0.4 is 10.0 Å². The van der Waals surface area contributed by atoms with Gasteiger partial charge in [-0.25, -0.2) is 13.1 Å². The summed E-state index contributed by atoms with van der Waals surface area (Å²) in [6.45, 7) is 4.01. The van der Waals surface area contributed by atoms with Crippen molar-refractivity contribution in [3.05, 3.63) is 35.4 Å². The zero-order valence-electron chi connectivity index (χ0n) is 11.4. The lowest BCUT2D eigenvalue weighted by molar-refractivity contribution is -0.121. The van der Waals surface area contributed by atoms with E-state index in [1.807, 2.05) is 38.1 Å². The van der Waals surface area contributed by atoms with Crippen LogP contribution in [0.15, 0.2) is 24.3 Å². The first kappa shape index (κ1) is 15.7. The molecule has 0 bridgehead atoms. The van der Waals surface area contributed by atoms with E-state index in [0.717, 1.165) is 17.4 Å². The number of hydrogen-bond donors (Lipinski definition) is 2. The monoisotopic (exact) mass is 284 g/mol. The Kier molecular flexibility index (Phi) is 5.50. The standard InChI is InChI=1S/C13H20N2O3S/c1-10-6-4-5-7-12(10)11(2)15-13(16)8-9-14-19(3,17)18/h4-7,11,14H,8-9H2,1-3H3,(H,15,16)/t11-/m1/s1. The predicted octanol–water partition coefficient (Wildman–Crippen LogP) is 1.11. The fourth-order valence-electron chi connectivity index (χ4n) is 1.81. The second-order valence-electron chi connectivity index (χ2n) is 4.56. The third-order valence-electron chi connectivity index (χ3n) is 2.75. The number of aryl methyl sites for hydroxylation is 1. The third kappa shape index (κ3) is 5.85. The van der Waals surface area contributed by atoms with Crippen molar-refractivity contribution in [1.29, 1.82) is 0 Å². The molecule has 0 aliphatic rings. The van der Waals surface area contributed by atoms with Gasteiger partial charge in [-0.15, -0.1) is 0 Å². The molecule has 0 saturated carbocycles. The van der Waals surface area contributed by atoms with Crippen molar-refractivity contribution in [2.24, 2.45) is 0 Å². The van der Waals surface area contributed by atoms with Gasteiger partial charge >= 0.3 is 0 Å². The zero-order chi connectivity index (χ0) is 14.5. The van der Waals surface area contributed by atoms with Gasteiger partial charge in [0, 0.05) is 13.0 Å². The molecule has 0 spiro atoms.